The molecule has 0 saturated heterocycles. The summed E-state index contributed by atoms with van der Waals surface area (Å²) in [4.78, 5) is 11.3. The normalized spacial score (nSPS) is 12.8. The smallest absolute Gasteiger partial charge is 0.336 e. The van der Waals surface area contributed by atoms with Gasteiger partial charge in [0.15, 0.2) is 0 Å². The molecular formula is C10H18O3. The maximum Gasteiger partial charge on any atom is 0.336 e. The van der Waals surface area contributed by atoms with Gasteiger partial charge in [0.25, 0.3) is 0 Å². The van der Waals surface area contributed by atoms with E-state index >= 15 is 0 Å². The van der Waals surface area contributed by atoms with Crippen LogP contribution < -0.4 is 0 Å². The molecule has 0 aromatic carbocycles. The highest BCUT2D eigenvalue weighted by Crippen LogP contribution is 2.10. The zero-order valence-electron chi connectivity index (χ0n) is 8.76. The highest BCUT2D eigenvalue weighted by atomic mass is 16.6. The van der Waals surface area contributed by atoms with Crippen molar-refractivity contribution in [2.24, 2.45) is 0 Å². The Kier molecular flexibility index (Phi) is 4.70. The standard InChI is InChI=1S/C10H18O3/c1-5-6-8(7-11)9(12)13-10(2,3)4/h6,11H,5,7H2,1-4H3. The number of allylic oxidation sites excluding steroid dienone is 1. The van der Waals surface area contributed by atoms with Crippen LogP contribution >= 0.6 is 0 Å². The van der Waals surface area contributed by atoms with Crippen molar-refractivity contribution in [3.63, 3.8) is 0 Å². The molecule has 0 fully saturated rings. The highest BCUT2D eigenvalue weighted by Gasteiger charge is 2.18. The van der Waals surface area contributed by atoms with Crippen molar-refractivity contribution in [3.8, 4) is 0 Å². The SMILES string of the molecule is CCC=C(CO)C(=O)OC(C)(C)C. The number of carbonyl (C=O) groups excluding carboxylic acids is 1. The lowest BCUT2D eigenvalue weighted by Gasteiger charge is -2.20. The Hall–Kier alpha value is -0.830. The number of carbonyl (C=O) groups is 1. The van der Waals surface area contributed by atoms with Crippen LogP contribution in [0.2, 0.25) is 0 Å². The third-order valence-corrected chi connectivity index (χ3v) is 1.28. The van der Waals surface area contributed by atoms with Gasteiger partial charge in [-0.05, 0) is 27.2 Å². The van der Waals surface area contributed by atoms with Crippen LogP contribution in [0.25, 0.3) is 0 Å². The van der Waals surface area contributed by atoms with E-state index in [0.29, 0.717) is 5.57 Å². The van der Waals surface area contributed by atoms with Crippen LogP contribution in [0.3, 0.4) is 0 Å². The molecule has 0 rings (SSSR count). The first kappa shape index (κ1) is 12.2. The van der Waals surface area contributed by atoms with Gasteiger partial charge in [-0.1, -0.05) is 13.0 Å². The number of rotatable bonds is 3. The van der Waals surface area contributed by atoms with E-state index in [2.05, 4.69) is 0 Å². The van der Waals surface area contributed by atoms with Gasteiger partial charge in [-0.15, -0.1) is 0 Å². The first-order chi connectivity index (χ1) is 5.90. The lowest BCUT2D eigenvalue weighted by atomic mass is 10.2. The second-order valence-corrected chi connectivity index (χ2v) is 3.80. The Morgan fingerprint density at radius 2 is 2.00 bits per heavy atom. The molecule has 0 bridgehead atoms. The van der Waals surface area contributed by atoms with Gasteiger partial charge in [0.2, 0.25) is 0 Å². The molecule has 0 spiro atoms. The van der Waals surface area contributed by atoms with Gasteiger partial charge in [-0.2, -0.15) is 0 Å². The Morgan fingerprint density at radius 1 is 1.46 bits per heavy atom. The topological polar surface area (TPSA) is 46.5 Å². The maximum atomic E-state index is 11.3. The van der Waals surface area contributed by atoms with E-state index in [1.54, 1.807) is 26.8 Å². The van der Waals surface area contributed by atoms with Crippen LogP contribution in [-0.4, -0.2) is 23.3 Å². The van der Waals surface area contributed by atoms with Gasteiger partial charge < -0.3 is 9.84 Å². The van der Waals surface area contributed by atoms with E-state index in [1.165, 1.54) is 0 Å². The minimum Gasteiger partial charge on any atom is -0.457 e. The summed E-state index contributed by atoms with van der Waals surface area (Å²) in [7, 11) is 0. The average Bonchev–Trinajstić information content (AvgIpc) is 1.96. The zero-order chi connectivity index (χ0) is 10.5. The molecule has 13 heavy (non-hydrogen) atoms. The summed E-state index contributed by atoms with van der Waals surface area (Å²) in [6, 6.07) is 0. The van der Waals surface area contributed by atoms with Crippen LogP contribution in [0.5, 0.6) is 0 Å². The Labute approximate surface area is 79.4 Å². The Balaban J connectivity index is 4.32. The number of aliphatic hydroxyl groups excluding tert-OH is 1. The molecule has 0 atom stereocenters. The fourth-order valence-electron chi connectivity index (χ4n) is 0.802. The summed E-state index contributed by atoms with van der Waals surface area (Å²) in [5, 5.41) is 8.86. The van der Waals surface area contributed by atoms with Crippen LogP contribution in [0.1, 0.15) is 34.1 Å². The van der Waals surface area contributed by atoms with Gasteiger partial charge in [0, 0.05) is 0 Å². The predicted octanol–water partition coefficient (Wildman–Crippen LogP) is 1.66. The van der Waals surface area contributed by atoms with Gasteiger partial charge in [0.1, 0.15) is 5.60 Å². The van der Waals surface area contributed by atoms with Crippen molar-refractivity contribution in [1.82, 2.24) is 0 Å². The monoisotopic (exact) mass is 186 g/mol. The summed E-state index contributed by atoms with van der Waals surface area (Å²) in [6.45, 7) is 7.03. The fourth-order valence-corrected chi connectivity index (χ4v) is 0.802. The molecule has 0 aliphatic carbocycles. The molecule has 0 radical (unpaired) electrons. The second kappa shape index (κ2) is 5.02. The van der Waals surface area contributed by atoms with Crippen LogP contribution in [-0.2, 0) is 9.53 Å². The fraction of sp³-hybridized carbons (Fsp3) is 0.700. The molecule has 0 heterocycles. The van der Waals surface area contributed by atoms with Crippen LogP contribution in [0, 0.1) is 0 Å². The molecule has 3 nitrogen and oxygen atoms in total. The number of ether oxygens (including phenoxy) is 1. The van der Waals surface area contributed by atoms with E-state index in [-0.39, 0.29) is 6.61 Å². The van der Waals surface area contributed by atoms with E-state index in [9.17, 15) is 4.79 Å². The van der Waals surface area contributed by atoms with E-state index in [1.807, 2.05) is 6.92 Å². The first-order valence-corrected chi connectivity index (χ1v) is 4.44. The largest absolute Gasteiger partial charge is 0.457 e. The molecule has 0 aliphatic heterocycles. The second-order valence-electron chi connectivity index (χ2n) is 3.80. The van der Waals surface area contributed by atoms with Gasteiger partial charge in [-0.25, -0.2) is 4.79 Å². The highest BCUT2D eigenvalue weighted by molar-refractivity contribution is 5.88. The molecular weight excluding hydrogens is 168 g/mol. The molecule has 3 heteroatoms. The summed E-state index contributed by atoms with van der Waals surface area (Å²) < 4.78 is 5.08. The lowest BCUT2D eigenvalue weighted by molar-refractivity contribution is -0.150. The van der Waals surface area contributed by atoms with Crippen molar-refractivity contribution >= 4 is 5.97 Å². The third kappa shape index (κ3) is 5.42. The Bertz CT molecular complexity index is 199. The minimum atomic E-state index is -0.501. The molecule has 1 N–H and O–H groups in total. The minimum absolute atomic E-state index is 0.261. The van der Waals surface area contributed by atoms with Crippen molar-refractivity contribution in [3.05, 3.63) is 11.6 Å². The molecule has 0 aromatic rings. The van der Waals surface area contributed by atoms with Gasteiger partial charge in [0.05, 0.1) is 12.2 Å². The number of aliphatic hydroxyl groups is 1. The molecule has 0 aliphatic rings. The van der Waals surface area contributed by atoms with Crippen molar-refractivity contribution in [1.29, 1.82) is 0 Å². The predicted molar refractivity (Wildman–Crippen MR) is 51.3 cm³/mol. The van der Waals surface area contributed by atoms with Crippen molar-refractivity contribution in [2.45, 2.75) is 39.7 Å². The average molecular weight is 186 g/mol. The maximum absolute atomic E-state index is 11.3. The van der Waals surface area contributed by atoms with Crippen LogP contribution in [0.15, 0.2) is 11.6 Å². The molecule has 0 aromatic heterocycles. The molecule has 76 valence electrons. The summed E-state index contributed by atoms with van der Waals surface area (Å²) in [5.41, 5.74) is -0.170. The number of hydrogen-bond acceptors (Lipinski definition) is 3. The molecule has 0 unspecified atom stereocenters. The quantitative estimate of drug-likeness (QED) is 0.538. The summed E-state index contributed by atoms with van der Waals surface area (Å²) in [6.07, 6.45) is 2.39. The molecule has 0 amide bonds. The number of esters is 1. The zero-order valence-corrected chi connectivity index (χ0v) is 8.76. The lowest BCUT2D eigenvalue weighted by Crippen LogP contribution is -2.25. The van der Waals surface area contributed by atoms with Crippen LogP contribution in [0.4, 0.5) is 0 Å². The van der Waals surface area contributed by atoms with Gasteiger partial charge >= 0.3 is 5.97 Å². The summed E-state index contributed by atoms with van der Waals surface area (Å²) in [5.74, 6) is -0.433. The van der Waals surface area contributed by atoms with Crippen molar-refractivity contribution in [2.75, 3.05) is 6.61 Å². The Morgan fingerprint density at radius 3 is 2.31 bits per heavy atom. The molecule has 0 saturated carbocycles. The number of hydrogen-bond donors (Lipinski definition) is 1. The van der Waals surface area contributed by atoms with E-state index in [4.69, 9.17) is 9.84 Å². The van der Waals surface area contributed by atoms with E-state index < -0.39 is 11.6 Å². The summed E-state index contributed by atoms with van der Waals surface area (Å²) >= 11 is 0. The first-order valence-electron chi connectivity index (χ1n) is 4.44. The third-order valence-electron chi connectivity index (χ3n) is 1.28. The van der Waals surface area contributed by atoms with Gasteiger partial charge in [-0.3, -0.25) is 0 Å². The van der Waals surface area contributed by atoms with E-state index in [0.717, 1.165) is 6.42 Å². The van der Waals surface area contributed by atoms with Crippen molar-refractivity contribution < 1.29 is 14.6 Å².